The number of ether oxygens (including phenoxy) is 1. The summed E-state index contributed by atoms with van der Waals surface area (Å²) in [7, 11) is 0. The number of imide groups is 1. The number of rotatable bonds is 4. The molecule has 24 heavy (non-hydrogen) atoms. The molecule has 0 saturated heterocycles. The molecule has 0 aliphatic carbocycles. The van der Waals surface area contributed by atoms with E-state index in [-0.39, 0.29) is 9.90 Å². The van der Waals surface area contributed by atoms with Crippen molar-refractivity contribution in [3.63, 3.8) is 0 Å². The molecule has 1 heterocycles. The van der Waals surface area contributed by atoms with Crippen LogP contribution in [-0.2, 0) is 9.53 Å². The van der Waals surface area contributed by atoms with Gasteiger partial charge in [0.25, 0.3) is 5.91 Å². The Balaban J connectivity index is 2.10. The molecule has 0 aliphatic heterocycles. The predicted octanol–water partition coefficient (Wildman–Crippen LogP) is 3.08. The molecule has 1 atom stereocenters. The summed E-state index contributed by atoms with van der Waals surface area (Å²) >= 11 is 7.08. The molecule has 0 bridgehead atoms. The van der Waals surface area contributed by atoms with Crippen molar-refractivity contribution in [2.24, 2.45) is 0 Å². The van der Waals surface area contributed by atoms with Crippen LogP contribution in [0.4, 0.5) is 9.18 Å². The summed E-state index contributed by atoms with van der Waals surface area (Å²) in [6.07, 6.45) is -1.20. The van der Waals surface area contributed by atoms with Gasteiger partial charge in [0, 0.05) is 16.6 Å². The second-order valence-corrected chi connectivity index (χ2v) is 6.21. The van der Waals surface area contributed by atoms with Crippen LogP contribution in [-0.4, -0.2) is 30.6 Å². The molecular weight excluding hydrogens is 359 g/mol. The molecule has 128 valence electrons. The Labute approximate surface area is 145 Å². The number of carbonyl (C=O) groups excluding carboxylic acids is 3. The van der Waals surface area contributed by atoms with Crippen molar-refractivity contribution < 1.29 is 23.5 Å². The number of thiophene rings is 1. The van der Waals surface area contributed by atoms with Crippen molar-refractivity contribution in [1.82, 2.24) is 10.6 Å². The molecule has 0 fully saturated rings. The summed E-state index contributed by atoms with van der Waals surface area (Å²) in [6, 6.07) is 3.28. The highest BCUT2D eigenvalue weighted by Crippen LogP contribution is 2.36. The smallest absolute Gasteiger partial charge is 0.350 e. The van der Waals surface area contributed by atoms with E-state index in [0.29, 0.717) is 16.6 Å². The van der Waals surface area contributed by atoms with Crippen molar-refractivity contribution in [2.45, 2.75) is 20.0 Å². The van der Waals surface area contributed by atoms with Crippen molar-refractivity contribution in [1.29, 1.82) is 0 Å². The van der Waals surface area contributed by atoms with E-state index in [2.05, 4.69) is 5.32 Å². The van der Waals surface area contributed by atoms with Gasteiger partial charge in [-0.25, -0.2) is 14.0 Å². The lowest BCUT2D eigenvalue weighted by Crippen LogP contribution is -2.44. The monoisotopic (exact) mass is 372 g/mol. The predicted molar refractivity (Wildman–Crippen MR) is 88.9 cm³/mol. The molecule has 0 spiro atoms. The van der Waals surface area contributed by atoms with Crippen LogP contribution in [0, 0.1) is 5.82 Å². The van der Waals surface area contributed by atoms with Crippen LogP contribution in [0.25, 0.3) is 10.1 Å². The van der Waals surface area contributed by atoms with Crippen LogP contribution in [0.2, 0.25) is 5.02 Å². The SMILES string of the molecule is CCNC(=O)NC(=O)C(C)OC(=O)c1sc2cc(F)ccc2c1Cl. The minimum Gasteiger partial charge on any atom is -0.448 e. The number of carbonyl (C=O) groups is 3. The van der Waals surface area contributed by atoms with E-state index in [4.69, 9.17) is 16.3 Å². The van der Waals surface area contributed by atoms with Gasteiger partial charge in [0.15, 0.2) is 6.10 Å². The van der Waals surface area contributed by atoms with Crippen LogP contribution in [0.1, 0.15) is 23.5 Å². The first-order valence-corrected chi connectivity index (χ1v) is 8.20. The highest BCUT2D eigenvalue weighted by Gasteiger charge is 2.24. The fourth-order valence-corrected chi connectivity index (χ4v) is 3.27. The Morgan fingerprint density at radius 2 is 2.08 bits per heavy atom. The summed E-state index contributed by atoms with van der Waals surface area (Å²) in [4.78, 5) is 35.3. The summed E-state index contributed by atoms with van der Waals surface area (Å²) in [6.45, 7) is 3.37. The van der Waals surface area contributed by atoms with Crippen LogP contribution in [0.3, 0.4) is 0 Å². The number of nitrogens with one attached hydrogen (secondary N) is 2. The van der Waals surface area contributed by atoms with Crippen molar-refractivity contribution in [3.8, 4) is 0 Å². The van der Waals surface area contributed by atoms with Crippen molar-refractivity contribution in [3.05, 3.63) is 33.9 Å². The van der Waals surface area contributed by atoms with E-state index < -0.39 is 29.8 Å². The number of hydrogen-bond acceptors (Lipinski definition) is 5. The molecular formula is C15H14ClFN2O4S. The molecule has 0 saturated carbocycles. The first-order valence-electron chi connectivity index (χ1n) is 7.00. The number of fused-ring (bicyclic) bond motifs is 1. The van der Waals surface area contributed by atoms with Gasteiger partial charge in [-0.2, -0.15) is 0 Å². The lowest BCUT2D eigenvalue weighted by Gasteiger charge is -2.12. The minimum atomic E-state index is -1.20. The fraction of sp³-hybridized carbons (Fsp3) is 0.267. The summed E-state index contributed by atoms with van der Waals surface area (Å²) in [5.74, 6) is -2.03. The molecule has 2 N–H and O–H groups in total. The van der Waals surface area contributed by atoms with Crippen molar-refractivity contribution in [2.75, 3.05) is 6.54 Å². The van der Waals surface area contributed by atoms with Gasteiger partial charge in [-0.3, -0.25) is 10.1 Å². The zero-order valence-corrected chi connectivity index (χ0v) is 14.4. The number of amides is 3. The lowest BCUT2D eigenvalue weighted by atomic mass is 10.2. The van der Waals surface area contributed by atoms with Crippen LogP contribution in [0.15, 0.2) is 18.2 Å². The molecule has 0 aliphatic rings. The second-order valence-electron chi connectivity index (χ2n) is 4.78. The normalized spacial score (nSPS) is 11.8. The number of halogens is 2. The summed E-state index contributed by atoms with van der Waals surface area (Å²) in [5, 5.41) is 5.08. The summed E-state index contributed by atoms with van der Waals surface area (Å²) in [5.41, 5.74) is 0. The summed E-state index contributed by atoms with van der Waals surface area (Å²) < 4.78 is 18.7. The molecule has 1 unspecified atom stereocenters. The molecule has 3 amide bonds. The van der Waals surface area contributed by atoms with Gasteiger partial charge < -0.3 is 10.1 Å². The zero-order valence-electron chi connectivity index (χ0n) is 12.8. The maximum Gasteiger partial charge on any atom is 0.350 e. The fourth-order valence-electron chi connectivity index (χ4n) is 1.86. The van der Waals surface area contributed by atoms with E-state index in [1.165, 1.54) is 25.1 Å². The Hall–Kier alpha value is -2.19. The van der Waals surface area contributed by atoms with E-state index in [1.807, 2.05) is 5.32 Å². The number of esters is 1. The van der Waals surface area contributed by atoms with Crippen LogP contribution in [0.5, 0.6) is 0 Å². The average Bonchev–Trinajstić information content (AvgIpc) is 2.83. The molecule has 9 heteroatoms. The Kier molecular flexibility index (Phi) is 5.74. The van der Waals surface area contributed by atoms with Gasteiger partial charge >= 0.3 is 12.0 Å². The maximum absolute atomic E-state index is 13.2. The van der Waals surface area contributed by atoms with E-state index in [0.717, 1.165) is 11.3 Å². The third kappa shape index (κ3) is 4.01. The highest BCUT2D eigenvalue weighted by molar-refractivity contribution is 7.21. The van der Waals surface area contributed by atoms with Crippen molar-refractivity contribution >= 4 is 50.9 Å². The van der Waals surface area contributed by atoms with E-state index in [9.17, 15) is 18.8 Å². The van der Waals surface area contributed by atoms with Gasteiger partial charge in [-0.1, -0.05) is 11.6 Å². The minimum absolute atomic E-state index is 0.0647. The maximum atomic E-state index is 13.2. The molecule has 1 aromatic carbocycles. The van der Waals surface area contributed by atoms with Gasteiger partial charge in [0.1, 0.15) is 10.7 Å². The van der Waals surface area contributed by atoms with Gasteiger partial charge in [-0.15, -0.1) is 11.3 Å². The average molecular weight is 373 g/mol. The molecule has 1 aromatic heterocycles. The molecule has 2 rings (SSSR count). The lowest BCUT2D eigenvalue weighted by molar-refractivity contribution is -0.127. The molecule has 0 radical (unpaired) electrons. The zero-order chi connectivity index (χ0) is 17.9. The Morgan fingerprint density at radius 1 is 1.38 bits per heavy atom. The standard InChI is InChI=1S/C15H14ClFN2O4S/c1-3-18-15(22)19-13(20)7(2)23-14(21)12-11(16)9-5-4-8(17)6-10(9)24-12/h4-7H,3H2,1-2H3,(H2,18,19,20,22). The third-order valence-electron chi connectivity index (χ3n) is 3.00. The molecule has 6 nitrogen and oxygen atoms in total. The highest BCUT2D eigenvalue weighted by atomic mass is 35.5. The van der Waals surface area contributed by atoms with Gasteiger partial charge in [0.2, 0.25) is 0 Å². The second kappa shape index (κ2) is 7.59. The van der Waals surface area contributed by atoms with Gasteiger partial charge in [0.05, 0.1) is 5.02 Å². The number of benzene rings is 1. The Bertz CT molecular complexity index is 808. The third-order valence-corrected chi connectivity index (χ3v) is 4.64. The van der Waals surface area contributed by atoms with Crippen LogP contribution < -0.4 is 10.6 Å². The number of hydrogen-bond donors (Lipinski definition) is 2. The van der Waals surface area contributed by atoms with E-state index >= 15 is 0 Å². The first kappa shape index (κ1) is 18.2. The Morgan fingerprint density at radius 3 is 2.75 bits per heavy atom. The molecule has 2 aromatic rings. The number of urea groups is 1. The quantitative estimate of drug-likeness (QED) is 0.808. The van der Waals surface area contributed by atoms with E-state index in [1.54, 1.807) is 6.92 Å². The topological polar surface area (TPSA) is 84.5 Å². The first-order chi connectivity index (χ1) is 11.3. The van der Waals surface area contributed by atoms with Crippen LogP contribution >= 0.6 is 22.9 Å². The largest absolute Gasteiger partial charge is 0.448 e. The van der Waals surface area contributed by atoms with Gasteiger partial charge in [-0.05, 0) is 32.0 Å².